The first kappa shape index (κ1) is 17.0. The van der Waals surface area contributed by atoms with Gasteiger partial charge in [0.2, 0.25) is 5.91 Å². The Bertz CT molecular complexity index is 773. The van der Waals surface area contributed by atoms with Gasteiger partial charge in [-0.1, -0.05) is 18.2 Å². The maximum absolute atomic E-state index is 12.7. The summed E-state index contributed by atoms with van der Waals surface area (Å²) < 4.78 is 5.13. The molecule has 1 aliphatic heterocycles. The number of fused-ring (bicyclic) bond motifs is 1. The van der Waals surface area contributed by atoms with Crippen LogP contribution in [0.5, 0.6) is 0 Å². The number of hydrogen-bond donors (Lipinski definition) is 1. The average Bonchev–Trinajstić information content (AvgIpc) is 3.09. The topological polar surface area (TPSA) is 55.4 Å². The zero-order chi connectivity index (χ0) is 17.3. The number of carbonyl (C=O) groups is 2. The first-order valence-corrected chi connectivity index (χ1v) is 9.53. The molecule has 6 heteroatoms. The number of ether oxygens (including phenoxy) is 1. The number of thioether (sulfide) groups is 1. The normalized spacial score (nSPS) is 15.9. The number of rotatable bonds is 4. The summed E-state index contributed by atoms with van der Waals surface area (Å²) in [6.07, 6.45) is 0.713. The van der Waals surface area contributed by atoms with E-state index in [9.17, 15) is 9.59 Å². The van der Waals surface area contributed by atoms with Crippen LogP contribution in [0.4, 0.5) is 5.00 Å². The highest BCUT2D eigenvalue weighted by Gasteiger charge is 2.30. The molecule has 1 amide bonds. The summed E-state index contributed by atoms with van der Waals surface area (Å²) in [6.45, 7) is 5.91. The van der Waals surface area contributed by atoms with Crippen LogP contribution in [0.25, 0.3) is 0 Å². The van der Waals surface area contributed by atoms with Gasteiger partial charge in [0.1, 0.15) is 5.00 Å². The van der Waals surface area contributed by atoms with E-state index in [0.717, 1.165) is 15.3 Å². The highest BCUT2D eigenvalue weighted by atomic mass is 32.2. The van der Waals surface area contributed by atoms with Gasteiger partial charge in [-0.25, -0.2) is 4.79 Å². The summed E-state index contributed by atoms with van der Waals surface area (Å²) in [5.41, 5.74) is 2.55. The van der Waals surface area contributed by atoms with Gasteiger partial charge in [-0.2, -0.15) is 0 Å². The number of thiophene rings is 1. The van der Waals surface area contributed by atoms with Crippen molar-refractivity contribution in [2.24, 2.45) is 0 Å². The van der Waals surface area contributed by atoms with E-state index in [2.05, 4.69) is 11.4 Å². The molecule has 0 spiro atoms. The lowest BCUT2D eigenvalue weighted by Crippen LogP contribution is -2.25. The number of nitrogens with one attached hydrogen (secondary N) is 1. The number of hydrogen-bond acceptors (Lipinski definition) is 5. The van der Waals surface area contributed by atoms with E-state index in [0.29, 0.717) is 23.6 Å². The summed E-state index contributed by atoms with van der Waals surface area (Å²) in [6, 6.07) is 8.07. The van der Waals surface area contributed by atoms with E-state index in [1.165, 1.54) is 16.9 Å². The van der Waals surface area contributed by atoms with Crippen molar-refractivity contribution < 1.29 is 14.3 Å². The highest BCUT2D eigenvalue weighted by molar-refractivity contribution is 8.01. The SMILES string of the molecule is CCOC(=O)c1c(NC(=O)C2Cc3ccccc3S2)sc(C)c1C. The highest BCUT2D eigenvalue weighted by Crippen LogP contribution is 2.38. The summed E-state index contributed by atoms with van der Waals surface area (Å²) in [4.78, 5) is 27.0. The van der Waals surface area contributed by atoms with E-state index in [1.54, 1.807) is 18.7 Å². The van der Waals surface area contributed by atoms with E-state index in [1.807, 2.05) is 32.0 Å². The van der Waals surface area contributed by atoms with Crippen molar-refractivity contribution in [3.05, 3.63) is 45.8 Å². The van der Waals surface area contributed by atoms with Crippen molar-refractivity contribution in [2.45, 2.75) is 37.3 Å². The first-order valence-electron chi connectivity index (χ1n) is 7.83. The minimum atomic E-state index is -0.378. The van der Waals surface area contributed by atoms with Gasteiger partial charge in [-0.05, 0) is 44.4 Å². The van der Waals surface area contributed by atoms with Crippen LogP contribution in [-0.4, -0.2) is 23.7 Å². The molecule has 1 atom stereocenters. The van der Waals surface area contributed by atoms with E-state index >= 15 is 0 Å². The Balaban J connectivity index is 1.78. The van der Waals surface area contributed by atoms with Gasteiger partial charge in [0.05, 0.1) is 17.4 Å². The molecule has 1 N–H and O–H groups in total. The molecule has 2 aromatic rings. The predicted molar refractivity (Wildman–Crippen MR) is 98.2 cm³/mol. The molecule has 0 radical (unpaired) electrons. The zero-order valence-electron chi connectivity index (χ0n) is 13.8. The van der Waals surface area contributed by atoms with E-state index in [4.69, 9.17) is 4.74 Å². The molecule has 0 aliphatic carbocycles. The number of carbonyl (C=O) groups excluding carboxylic acids is 2. The Morgan fingerprint density at radius 1 is 1.29 bits per heavy atom. The summed E-state index contributed by atoms with van der Waals surface area (Å²) >= 11 is 3.00. The number of aryl methyl sites for hydroxylation is 1. The Morgan fingerprint density at radius 2 is 2.04 bits per heavy atom. The third-order valence-electron chi connectivity index (χ3n) is 4.04. The predicted octanol–water partition coefficient (Wildman–Crippen LogP) is 4.20. The van der Waals surface area contributed by atoms with Crippen LogP contribution in [0, 0.1) is 13.8 Å². The fourth-order valence-electron chi connectivity index (χ4n) is 2.68. The van der Waals surface area contributed by atoms with Crippen molar-refractivity contribution in [3.63, 3.8) is 0 Å². The molecule has 1 aromatic carbocycles. The van der Waals surface area contributed by atoms with Crippen LogP contribution in [0.15, 0.2) is 29.2 Å². The van der Waals surface area contributed by atoms with Crippen molar-refractivity contribution in [1.82, 2.24) is 0 Å². The molecule has 0 saturated carbocycles. The molecule has 0 saturated heterocycles. The molecule has 2 heterocycles. The standard InChI is InChI=1S/C18H19NO3S2/c1-4-22-18(21)15-10(2)11(3)23-17(15)19-16(20)14-9-12-7-5-6-8-13(12)24-14/h5-8,14H,4,9H2,1-3H3,(H,19,20). The summed E-state index contributed by atoms with van der Waals surface area (Å²) in [7, 11) is 0. The molecule has 126 valence electrons. The van der Waals surface area contributed by atoms with Crippen molar-refractivity contribution in [3.8, 4) is 0 Å². The molecule has 1 unspecified atom stereocenters. The van der Waals surface area contributed by atoms with Crippen LogP contribution >= 0.6 is 23.1 Å². The van der Waals surface area contributed by atoms with Gasteiger partial charge in [-0.3, -0.25) is 4.79 Å². The lowest BCUT2D eigenvalue weighted by Gasteiger charge is -2.10. The molecule has 24 heavy (non-hydrogen) atoms. The second-order valence-electron chi connectivity index (χ2n) is 5.62. The molecule has 1 aliphatic rings. The maximum atomic E-state index is 12.7. The smallest absolute Gasteiger partial charge is 0.341 e. The Morgan fingerprint density at radius 3 is 2.75 bits per heavy atom. The van der Waals surface area contributed by atoms with Crippen LogP contribution in [0.2, 0.25) is 0 Å². The molecule has 1 aromatic heterocycles. The largest absolute Gasteiger partial charge is 0.462 e. The average molecular weight is 361 g/mol. The van der Waals surface area contributed by atoms with Crippen molar-refractivity contribution >= 4 is 40.0 Å². The van der Waals surface area contributed by atoms with E-state index in [-0.39, 0.29) is 17.1 Å². The number of esters is 1. The fraction of sp³-hybridized carbons (Fsp3) is 0.333. The van der Waals surface area contributed by atoms with Crippen molar-refractivity contribution in [1.29, 1.82) is 0 Å². The Labute approximate surface area is 149 Å². The number of anilines is 1. The third kappa shape index (κ3) is 3.21. The van der Waals surface area contributed by atoms with Crippen LogP contribution in [-0.2, 0) is 16.0 Å². The van der Waals surface area contributed by atoms with Crippen LogP contribution < -0.4 is 5.32 Å². The van der Waals surface area contributed by atoms with Gasteiger partial charge in [0, 0.05) is 9.77 Å². The molecule has 0 bridgehead atoms. The molecule has 3 rings (SSSR count). The fourth-order valence-corrected chi connectivity index (χ4v) is 4.93. The van der Waals surface area contributed by atoms with E-state index < -0.39 is 0 Å². The second-order valence-corrected chi connectivity index (χ2v) is 8.08. The third-order valence-corrected chi connectivity index (χ3v) is 6.48. The monoisotopic (exact) mass is 361 g/mol. The van der Waals surface area contributed by atoms with Gasteiger partial charge >= 0.3 is 5.97 Å². The van der Waals surface area contributed by atoms with Gasteiger partial charge in [-0.15, -0.1) is 23.1 Å². The van der Waals surface area contributed by atoms with Gasteiger partial charge in [0.15, 0.2) is 0 Å². The van der Waals surface area contributed by atoms with Crippen molar-refractivity contribution in [2.75, 3.05) is 11.9 Å². The zero-order valence-corrected chi connectivity index (χ0v) is 15.5. The molecule has 4 nitrogen and oxygen atoms in total. The van der Waals surface area contributed by atoms with Gasteiger partial charge in [0.25, 0.3) is 0 Å². The van der Waals surface area contributed by atoms with Gasteiger partial charge < -0.3 is 10.1 Å². The Kier molecular flexibility index (Phi) is 4.96. The quantitative estimate of drug-likeness (QED) is 0.830. The minimum absolute atomic E-state index is 0.0667. The second kappa shape index (κ2) is 6.99. The molecular weight excluding hydrogens is 342 g/mol. The summed E-state index contributed by atoms with van der Waals surface area (Å²) in [5, 5.41) is 3.37. The molecular formula is C18H19NO3S2. The molecule has 0 fully saturated rings. The van der Waals surface area contributed by atoms with Crippen LogP contribution in [0.3, 0.4) is 0 Å². The lowest BCUT2D eigenvalue weighted by molar-refractivity contribution is -0.115. The lowest BCUT2D eigenvalue weighted by atomic mass is 10.1. The van der Waals surface area contributed by atoms with Crippen LogP contribution in [0.1, 0.15) is 33.3 Å². The number of amides is 1. The maximum Gasteiger partial charge on any atom is 0.341 e. The minimum Gasteiger partial charge on any atom is -0.462 e. The number of benzene rings is 1. The first-order chi connectivity index (χ1) is 11.5. The summed E-state index contributed by atoms with van der Waals surface area (Å²) in [5.74, 6) is -0.444. The Hall–Kier alpha value is -1.79.